The molecular formula is C19H30N2O4. The molecule has 0 radical (unpaired) electrons. The summed E-state index contributed by atoms with van der Waals surface area (Å²) in [4.78, 5) is 25.5. The topological polar surface area (TPSA) is 67.9 Å². The SMILES string of the molecule is COc1ccc(CC(=O)NCCN(CCC(C)C)C(C)=O)cc1OC. The minimum absolute atomic E-state index is 0.0368. The van der Waals surface area contributed by atoms with E-state index in [4.69, 9.17) is 9.47 Å². The van der Waals surface area contributed by atoms with Crippen LogP contribution in [0, 0.1) is 5.92 Å². The summed E-state index contributed by atoms with van der Waals surface area (Å²) in [7, 11) is 3.14. The molecule has 0 aliphatic rings. The Morgan fingerprint density at radius 1 is 1.12 bits per heavy atom. The van der Waals surface area contributed by atoms with Crippen molar-refractivity contribution in [3.63, 3.8) is 0 Å². The van der Waals surface area contributed by atoms with Crippen molar-refractivity contribution < 1.29 is 19.1 Å². The maximum atomic E-state index is 12.1. The largest absolute Gasteiger partial charge is 0.493 e. The van der Waals surface area contributed by atoms with E-state index < -0.39 is 0 Å². The number of ether oxygens (including phenoxy) is 2. The number of hydrogen-bond donors (Lipinski definition) is 1. The van der Waals surface area contributed by atoms with Crippen LogP contribution in [0.5, 0.6) is 11.5 Å². The molecule has 0 bridgehead atoms. The minimum atomic E-state index is -0.0837. The Balaban J connectivity index is 2.47. The first-order valence-corrected chi connectivity index (χ1v) is 8.60. The number of carbonyl (C=O) groups is 2. The molecule has 1 rings (SSSR count). The number of nitrogens with one attached hydrogen (secondary N) is 1. The predicted molar refractivity (Wildman–Crippen MR) is 98.0 cm³/mol. The predicted octanol–water partition coefficient (Wildman–Crippen LogP) is 2.26. The zero-order valence-corrected chi connectivity index (χ0v) is 15.9. The number of methoxy groups -OCH3 is 2. The molecule has 6 heteroatoms. The molecule has 0 aliphatic heterocycles. The third kappa shape index (κ3) is 7.45. The summed E-state index contributed by atoms with van der Waals surface area (Å²) < 4.78 is 10.4. The molecule has 2 amide bonds. The Bertz CT molecular complexity index is 573. The Morgan fingerprint density at radius 3 is 2.36 bits per heavy atom. The summed E-state index contributed by atoms with van der Waals surface area (Å²) in [5.74, 6) is 1.73. The Labute approximate surface area is 150 Å². The van der Waals surface area contributed by atoms with Crippen LogP contribution in [0.3, 0.4) is 0 Å². The summed E-state index contributed by atoms with van der Waals surface area (Å²) in [6, 6.07) is 5.42. The van der Waals surface area contributed by atoms with Crippen LogP contribution in [0.25, 0.3) is 0 Å². The van der Waals surface area contributed by atoms with Crippen molar-refractivity contribution in [3.8, 4) is 11.5 Å². The second-order valence-corrected chi connectivity index (χ2v) is 6.40. The fourth-order valence-electron chi connectivity index (χ4n) is 2.41. The molecule has 1 aromatic rings. The van der Waals surface area contributed by atoms with Crippen LogP contribution in [0.4, 0.5) is 0 Å². The van der Waals surface area contributed by atoms with Crippen LogP contribution in [0.2, 0.25) is 0 Å². The van der Waals surface area contributed by atoms with Gasteiger partial charge in [-0.3, -0.25) is 9.59 Å². The van der Waals surface area contributed by atoms with Gasteiger partial charge in [-0.25, -0.2) is 0 Å². The van der Waals surface area contributed by atoms with E-state index in [2.05, 4.69) is 19.2 Å². The molecule has 0 aromatic heterocycles. The molecule has 0 aliphatic carbocycles. The first-order chi connectivity index (χ1) is 11.9. The maximum Gasteiger partial charge on any atom is 0.224 e. The van der Waals surface area contributed by atoms with Crippen molar-refractivity contribution in [1.29, 1.82) is 0 Å². The number of amides is 2. The first kappa shape index (κ1) is 20.8. The summed E-state index contributed by atoms with van der Waals surface area (Å²) in [5, 5.41) is 2.87. The van der Waals surface area contributed by atoms with E-state index in [9.17, 15) is 9.59 Å². The zero-order valence-electron chi connectivity index (χ0n) is 15.9. The highest BCUT2D eigenvalue weighted by Crippen LogP contribution is 2.27. The highest BCUT2D eigenvalue weighted by atomic mass is 16.5. The number of nitrogens with zero attached hydrogens (tertiary/aromatic N) is 1. The van der Waals surface area contributed by atoms with Gasteiger partial charge in [0, 0.05) is 26.6 Å². The maximum absolute atomic E-state index is 12.1. The molecular weight excluding hydrogens is 320 g/mol. The van der Waals surface area contributed by atoms with E-state index >= 15 is 0 Å². The molecule has 1 N–H and O–H groups in total. The molecule has 0 saturated heterocycles. The number of benzene rings is 1. The molecule has 140 valence electrons. The van der Waals surface area contributed by atoms with Crippen LogP contribution in [-0.2, 0) is 16.0 Å². The lowest BCUT2D eigenvalue weighted by Crippen LogP contribution is -2.38. The van der Waals surface area contributed by atoms with Gasteiger partial charge < -0.3 is 19.7 Å². The van der Waals surface area contributed by atoms with Gasteiger partial charge in [0.1, 0.15) is 0 Å². The van der Waals surface area contributed by atoms with Gasteiger partial charge in [0.05, 0.1) is 20.6 Å². The van der Waals surface area contributed by atoms with Crippen LogP contribution in [0.1, 0.15) is 32.8 Å². The summed E-state index contributed by atoms with van der Waals surface area (Å²) >= 11 is 0. The summed E-state index contributed by atoms with van der Waals surface area (Å²) in [6.45, 7) is 7.51. The van der Waals surface area contributed by atoms with Crippen molar-refractivity contribution in [1.82, 2.24) is 10.2 Å². The smallest absolute Gasteiger partial charge is 0.224 e. The second-order valence-electron chi connectivity index (χ2n) is 6.40. The molecule has 6 nitrogen and oxygen atoms in total. The van der Waals surface area contributed by atoms with Crippen molar-refractivity contribution in [3.05, 3.63) is 23.8 Å². The van der Waals surface area contributed by atoms with Crippen LogP contribution in [0.15, 0.2) is 18.2 Å². The standard InChI is InChI=1S/C19H30N2O4/c1-14(2)8-10-21(15(3)22)11-9-20-19(23)13-16-6-7-17(24-4)18(12-16)25-5/h6-7,12,14H,8-11,13H2,1-5H3,(H,20,23). The normalized spacial score (nSPS) is 10.5. The fourth-order valence-corrected chi connectivity index (χ4v) is 2.41. The van der Waals surface area contributed by atoms with Crippen molar-refractivity contribution >= 4 is 11.8 Å². The van der Waals surface area contributed by atoms with Crippen molar-refractivity contribution in [2.45, 2.75) is 33.6 Å². The van der Waals surface area contributed by atoms with E-state index in [1.165, 1.54) is 0 Å². The van der Waals surface area contributed by atoms with E-state index in [1.807, 2.05) is 6.07 Å². The molecule has 0 atom stereocenters. The molecule has 0 heterocycles. The molecule has 25 heavy (non-hydrogen) atoms. The Morgan fingerprint density at radius 2 is 1.80 bits per heavy atom. The van der Waals surface area contributed by atoms with Crippen LogP contribution in [-0.4, -0.2) is 50.6 Å². The van der Waals surface area contributed by atoms with E-state index in [-0.39, 0.29) is 18.2 Å². The lowest BCUT2D eigenvalue weighted by Gasteiger charge is -2.22. The van der Waals surface area contributed by atoms with Gasteiger partial charge in [-0.15, -0.1) is 0 Å². The number of hydrogen-bond acceptors (Lipinski definition) is 4. The van der Waals surface area contributed by atoms with Gasteiger partial charge >= 0.3 is 0 Å². The fraction of sp³-hybridized carbons (Fsp3) is 0.579. The monoisotopic (exact) mass is 350 g/mol. The van der Waals surface area contributed by atoms with E-state index in [1.54, 1.807) is 38.2 Å². The molecule has 1 aromatic carbocycles. The van der Waals surface area contributed by atoms with E-state index in [0.717, 1.165) is 18.5 Å². The number of rotatable bonds is 10. The van der Waals surface area contributed by atoms with Gasteiger partial charge in [0.15, 0.2) is 11.5 Å². The van der Waals surface area contributed by atoms with Crippen molar-refractivity contribution in [2.24, 2.45) is 5.92 Å². The Hall–Kier alpha value is -2.24. The van der Waals surface area contributed by atoms with Gasteiger partial charge in [0.2, 0.25) is 11.8 Å². The molecule has 0 unspecified atom stereocenters. The second kappa shape index (κ2) is 10.6. The average Bonchev–Trinajstić information content (AvgIpc) is 2.57. The first-order valence-electron chi connectivity index (χ1n) is 8.60. The molecule has 0 spiro atoms. The molecule has 0 fully saturated rings. The summed E-state index contributed by atoms with van der Waals surface area (Å²) in [6.07, 6.45) is 1.21. The van der Waals surface area contributed by atoms with Crippen LogP contribution < -0.4 is 14.8 Å². The quantitative estimate of drug-likeness (QED) is 0.703. The van der Waals surface area contributed by atoms with Crippen LogP contribution >= 0.6 is 0 Å². The van der Waals surface area contributed by atoms with E-state index in [0.29, 0.717) is 30.5 Å². The minimum Gasteiger partial charge on any atom is -0.493 e. The van der Waals surface area contributed by atoms with Gasteiger partial charge in [-0.05, 0) is 30.0 Å². The van der Waals surface area contributed by atoms with Gasteiger partial charge in [-0.2, -0.15) is 0 Å². The summed E-state index contributed by atoms with van der Waals surface area (Å²) in [5.41, 5.74) is 0.846. The highest BCUT2D eigenvalue weighted by molar-refractivity contribution is 5.79. The lowest BCUT2D eigenvalue weighted by atomic mass is 10.1. The highest BCUT2D eigenvalue weighted by Gasteiger charge is 2.11. The third-order valence-corrected chi connectivity index (χ3v) is 3.94. The Kier molecular flexibility index (Phi) is 8.81. The average molecular weight is 350 g/mol. The van der Waals surface area contributed by atoms with Gasteiger partial charge in [-0.1, -0.05) is 19.9 Å². The van der Waals surface area contributed by atoms with Crippen molar-refractivity contribution in [2.75, 3.05) is 33.9 Å². The molecule has 0 saturated carbocycles. The lowest BCUT2D eigenvalue weighted by molar-refractivity contribution is -0.129. The van der Waals surface area contributed by atoms with Gasteiger partial charge in [0.25, 0.3) is 0 Å². The zero-order chi connectivity index (χ0) is 18.8. The third-order valence-electron chi connectivity index (χ3n) is 3.94. The number of carbonyl (C=O) groups excluding carboxylic acids is 2.